The molecular formula is C11H15ClN2. The van der Waals surface area contributed by atoms with Crippen LogP contribution in [0.25, 0.3) is 0 Å². The fraction of sp³-hybridized carbons (Fsp3) is 0.545. The highest BCUT2D eigenvalue weighted by molar-refractivity contribution is 6.29. The average molecular weight is 211 g/mol. The number of pyridine rings is 1. The summed E-state index contributed by atoms with van der Waals surface area (Å²) in [5.74, 6) is 0.605. The summed E-state index contributed by atoms with van der Waals surface area (Å²) in [6, 6.07) is 1.76. The van der Waals surface area contributed by atoms with E-state index in [0.29, 0.717) is 11.1 Å². The van der Waals surface area contributed by atoms with Gasteiger partial charge < -0.3 is 5.73 Å². The predicted octanol–water partition coefficient (Wildman–Crippen LogP) is 3.36. The van der Waals surface area contributed by atoms with Gasteiger partial charge in [-0.1, -0.05) is 30.9 Å². The molecule has 0 atom stereocenters. The van der Waals surface area contributed by atoms with Crippen molar-refractivity contribution in [3.63, 3.8) is 0 Å². The first-order valence-electron chi connectivity index (χ1n) is 5.18. The minimum atomic E-state index is 0.488. The number of nitrogens with zero attached hydrogens (tertiary/aromatic N) is 1. The lowest BCUT2D eigenvalue weighted by atomic mass is 9.84. The number of hydrogen-bond acceptors (Lipinski definition) is 2. The Balaban J connectivity index is 2.22. The van der Waals surface area contributed by atoms with E-state index in [0.717, 1.165) is 5.69 Å². The van der Waals surface area contributed by atoms with Gasteiger partial charge in [0.1, 0.15) is 5.15 Å². The maximum atomic E-state index is 5.93. The van der Waals surface area contributed by atoms with Crippen LogP contribution in [0.3, 0.4) is 0 Å². The van der Waals surface area contributed by atoms with Crippen LogP contribution in [0.4, 0.5) is 5.69 Å². The normalized spacial score (nSPS) is 18.4. The van der Waals surface area contributed by atoms with Crippen LogP contribution < -0.4 is 5.73 Å². The van der Waals surface area contributed by atoms with Crippen molar-refractivity contribution in [2.45, 2.75) is 38.0 Å². The second-order valence-electron chi connectivity index (χ2n) is 3.97. The molecule has 1 aromatic heterocycles. The maximum Gasteiger partial charge on any atom is 0.131 e. The van der Waals surface area contributed by atoms with E-state index in [1.807, 2.05) is 6.20 Å². The number of aromatic nitrogens is 1. The van der Waals surface area contributed by atoms with Crippen molar-refractivity contribution >= 4 is 17.3 Å². The van der Waals surface area contributed by atoms with E-state index >= 15 is 0 Å². The first kappa shape index (κ1) is 9.78. The Morgan fingerprint density at radius 2 is 2.00 bits per heavy atom. The Morgan fingerprint density at radius 1 is 1.29 bits per heavy atom. The summed E-state index contributed by atoms with van der Waals surface area (Å²) in [6.45, 7) is 0. The third-order valence-electron chi connectivity index (χ3n) is 2.98. The van der Waals surface area contributed by atoms with Gasteiger partial charge in [-0.15, -0.1) is 0 Å². The first-order valence-corrected chi connectivity index (χ1v) is 5.56. The van der Waals surface area contributed by atoms with Gasteiger partial charge in [0.05, 0.1) is 0 Å². The van der Waals surface area contributed by atoms with Gasteiger partial charge in [-0.25, -0.2) is 4.98 Å². The van der Waals surface area contributed by atoms with Crippen molar-refractivity contribution < 1.29 is 0 Å². The molecule has 1 saturated carbocycles. The number of anilines is 1. The lowest BCUT2D eigenvalue weighted by Gasteiger charge is -2.22. The molecule has 3 heteroatoms. The number of nitrogen functional groups attached to an aromatic ring is 1. The van der Waals surface area contributed by atoms with E-state index in [9.17, 15) is 0 Å². The first-order chi connectivity index (χ1) is 6.77. The van der Waals surface area contributed by atoms with E-state index in [1.54, 1.807) is 6.07 Å². The standard InChI is InChI=1S/C11H15ClN2/c12-11-6-10(13)9(7-14-11)8-4-2-1-3-5-8/h6-8H,1-5H2,(H2,13,14). The van der Waals surface area contributed by atoms with Crippen LogP contribution in [0.5, 0.6) is 0 Å². The summed E-state index contributed by atoms with van der Waals surface area (Å²) in [4.78, 5) is 4.10. The molecule has 0 aromatic carbocycles. The highest BCUT2D eigenvalue weighted by Crippen LogP contribution is 2.35. The molecule has 1 aliphatic rings. The molecule has 0 amide bonds. The molecule has 1 heterocycles. The molecule has 0 aliphatic heterocycles. The molecule has 76 valence electrons. The molecule has 0 saturated heterocycles. The average Bonchev–Trinajstić information content (AvgIpc) is 2.19. The van der Waals surface area contributed by atoms with Gasteiger partial charge in [0, 0.05) is 11.9 Å². The highest BCUT2D eigenvalue weighted by Gasteiger charge is 2.17. The number of hydrogen-bond donors (Lipinski definition) is 1. The van der Waals surface area contributed by atoms with Gasteiger partial charge in [0.15, 0.2) is 0 Å². The van der Waals surface area contributed by atoms with E-state index in [2.05, 4.69) is 4.98 Å². The third kappa shape index (κ3) is 2.01. The zero-order valence-electron chi connectivity index (χ0n) is 8.17. The molecule has 1 aliphatic carbocycles. The van der Waals surface area contributed by atoms with E-state index in [4.69, 9.17) is 17.3 Å². The van der Waals surface area contributed by atoms with Gasteiger partial charge >= 0.3 is 0 Å². The number of nitrogens with two attached hydrogens (primary N) is 1. The van der Waals surface area contributed by atoms with Crippen LogP contribution in [0.1, 0.15) is 43.6 Å². The molecule has 14 heavy (non-hydrogen) atoms. The van der Waals surface area contributed by atoms with Gasteiger partial charge in [0.25, 0.3) is 0 Å². The van der Waals surface area contributed by atoms with Gasteiger partial charge in [0.2, 0.25) is 0 Å². The van der Waals surface area contributed by atoms with Gasteiger partial charge in [-0.2, -0.15) is 0 Å². The Kier molecular flexibility index (Phi) is 2.92. The Labute approximate surface area is 89.5 Å². The van der Waals surface area contributed by atoms with Crippen molar-refractivity contribution in [2.24, 2.45) is 0 Å². The lowest BCUT2D eigenvalue weighted by molar-refractivity contribution is 0.444. The molecule has 2 rings (SSSR count). The Hall–Kier alpha value is -0.760. The summed E-state index contributed by atoms with van der Waals surface area (Å²) in [6.07, 6.45) is 8.31. The van der Waals surface area contributed by atoms with E-state index in [-0.39, 0.29) is 0 Å². The minimum Gasteiger partial charge on any atom is -0.398 e. The third-order valence-corrected chi connectivity index (χ3v) is 3.19. The van der Waals surface area contributed by atoms with E-state index in [1.165, 1.54) is 37.7 Å². The Morgan fingerprint density at radius 3 is 2.64 bits per heavy atom. The zero-order chi connectivity index (χ0) is 9.97. The molecule has 2 N–H and O–H groups in total. The monoisotopic (exact) mass is 210 g/mol. The van der Waals surface area contributed by atoms with Crippen molar-refractivity contribution in [1.82, 2.24) is 4.98 Å². The smallest absolute Gasteiger partial charge is 0.131 e. The summed E-state index contributed by atoms with van der Waals surface area (Å²) in [5.41, 5.74) is 7.92. The van der Waals surface area contributed by atoms with Crippen LogP contribution in [0.2, 0.25) is 5.15 Å². The molecule has 2 nitrogen and oxygen atoms in total. The lowest BCUT2D eigenvalue weighted by Crippen LogP contribution is -2.07. The second kappa shape index (κ2) is 4.18. The van der Waals surface area contributed by atoms with Crippen molar-refractivity contribution in [3.05, 3.63) is 23.0 Å². The topological polar surface area (TPSA) is 38.9 Å². The molecule has 0 radical (unpaired) electrons. The molecule has 1 fully saturated rings. The quantitative estimate of drug-likeness (QED) is 0.722. The summed E-state index contributed by atoms with van der Waals surface area (Å²) >= 11 is 5.76. The SMILES string of the molecule is Nc1cc(Cl)ncc1C1CCCCC1. The second-order valence-corrected chi connectivity index (χ2v) is 4.36. The highest BCUT2D eigenvalue weighted by atomic mass is 35.5. The predicted molar refractivity (Wildman–Crippen MR) is 59.5 cm³/mol. The number of rotatable bonds is 1. The van der Waals surface area contributed by atoms with E-state index < -0.39 is 0 Å². The van der Waals surface area contributed by atoms with Gasteiger partial charge in [-0.05, 0) is 30.4 Å². The van der Waals surface area contributed by atoms with Gasteiger partial charge in [-0.3, -0.25) is 0 Å². The fourth-order valence-corrected chi connectivity index (χ4v) is 2.38. The molecule has 0 unspecified atom stereocenters. The Bertz CT molecular complexity index is 319. The van der Waals surface area contributed by atoms with Crippen LogP contribution in [-0.4, -0.2) is 4.98 Å². The zero-order valence-corrected chi connectivity index (χ0v) is 8.93. The van der Waals surface area contributed by atoms with Crippen molar-refractivity contribution in [3.8, 4) is 0 Å². The number of halogens is 1. The van der Waals surface area contributed by atoms with Crippen LogP contribution >= 0.6 is 11.6 Å². The minimum absolute atomic E-state index is 0.488. The van der Waals surface area contributed by atoms with Crippen LogP contribution in [0, 0.1) is 0 Å². The molecular weight excluding hydrogens is 196 g/mol. The summed E-state index contributed by atoms with van der Waals surface area (Å²) in [7, 11) is 0. The largest absolute Gasteiger partial charge is 0.398 e. The fourth-order valence-electron chi connectivity index (χ4n) is 2.21. The summed E-state index contributed by atoms with van der Waals surface area (Å²) in [5, 5.41) is 0.488. The molecule has 0 spiro atoms. The maximum absolute atomic E-state index is 5.93. The molecule has 1 aromatic rings. The summed E-state index contributed by atoms with van der Waals surface area (Å²) < 4.78 is 0. The van der Waals surface area contributed by atoms with Crippen molar-refractivity contribution in [2.75, 3.05) is 5.73 Å². The van der Waals surface area contributed by atoms with Crippen LogP contribution in [-0.2, 0) is 0 Å². The van der Waals surface area contributed by atoms with Crippen molar-refractivity contribution in [1.29, 1.82) is 0 Å². The van der Waals surface area contributed by atoms with Crippen LogP contribution in [0.15, 0.2) is 12.3 Å². The molecule has 0 bridgehead atoms.